The Morgan fingerprint density at radius 1 is 1.57 bits per heavy atom. The van der Waals surface area contributed by atoms with Crippen LogP contribution in [0.5, 0.6) is 0 Å². The van der Waals surface area contributed by atoms with Crippen molar-refractivity contribution in [1.82, 2.24) is 4.98 Å². The van der Waals surface area contributed by atoms with E-state index >= 15 is 0 Å². The normalized spacial score (nSPS) is 10.4. The largest absolute Gasteiger partial charge is 0.465 e. The molecule has 5 heteroatoms. The Morgan fingerprint density at radius 2 is 2.36 bits per heavy atom. The van der Waals surface area contributed by atoms with E-state index in [4.69, 9.17) is 11.6 Å². The Hall–Kier alpha value is -1.13. The summed E-state index contributed by atoms with van der Waals surface area (Å²) in [5, 5.41) is 1.34. The Morgan fingerprint density at radius 3 is 3.07 bits per heavy atom. The van der Waals surface area contributed by atoms with Gasteiger partial charge in [0, 0.05) is 6.20 Å². The highest BCUT2D eigenvalue weighted by Crippen LogP contribution is 2.26. The van der Waals surface area contributed by atoms with Gasteiger partial charge in [-0.05, 0) is 17.5 Å². The molecule has 3 nitrogen and oxygen atoms in total. The second-order valence-electron chi connectivity index (χ2n) is 2.65. The van der Waals surface area contributed by atoms with Crippen molar-refractivity contribution in [3.8, 4) is 0 Å². The maximum atomic E-state index is 11.2. The molecule has 0 radical (unpaired) electrons. The summed E-state index contributed by atoms with van der Waals surface area (Å²) in [6.07, 6.45) is 1.65. The summed E-state index contributed by atoms with van der Waals surface area (Å²) in [7, 11) is 1.36. The van der Waals surface area contributed by atoms with Crippen LogP contribution in [0.3, 0.4) is 0 Å². The number of carbonyl (C=O) groups is 1. The molecule has 0 N–H and O–H groups in total. The van der Waals surface area contributed by atoms with Gasteiger partial charge in [0.05, 0.1) is 11.8 Å². The Labute approximate surface area is 89.3 Å². The summed E-state index contributed by atoms with van der Waals surface area (Å²) in [6.45, 7) is 0. The zero-order valence-corrected chi connectivity index (χ0v) is 8.85. The van der Waals surface area contributed by atoms with E-state index in [1.807, 2.05) is 0 Å². The van der Waals surface area contributed by atoms with E-state index in [0.717, 1.165) is 10.1 Å². The van der Waals surface area contributed by atoms with E-state index in [1.54, 1.807) is 18.3 Å². The van der Waals surface area contributed by atoms with Gasteiger partial charge >= 0.3 is 5.97 Å². The molecule has 0 aliphatic carbocycles. The van der Waals surface area contributed by atoms with E-state index in [9.17, 15) is 4.79 Å². The van der Waals surface area contributed by atoms with Gasteiger partial charge in [0.1, 0.15) is 10.0 Å². The molecule has 0 aromatic carbocycles. The van der Waals surface area contributed by atoms with Crippen molar-refractivity contribution in [3.63, 3.8) is 0 Å². The summed E-state index contributed by atoms with van der Waals surface area (Å²) >= 11 is 7.06. The SMILES string of the molecule is COC(=O)c1cc2cc(Cl)ncc2s1. The highest BCUT2D eigenvalue weighted by molar-refractivity contribution is 7.20. The summed E-state index contributed by atoms with van der Waals surface area (Å²) < 4.78 is 5.54. The van der Waals surface area contributed by atoms with Crippen LogP contribution in [-0.4, -0.2) is 18.1 Å². The summed E-state index contributed by atoms with van der Waals surface area (Å²) in [5.41, 5.74) is 0. The van der Waals surface area contributed by atoms with E-state index in [-0.39, 0.29) is 5.97 Å². The lowest BCUT2D eigenvalue weighted by atomic mass is 10.3. The minimum Gasteiger partial charge on any atom is -0.465 e. The zero-order valence-electron chi connectivity index (χ0n) is 7.28. The molecule has 0 spiro atoms. The third-order valence-corrected chi connectivity index (χ3v) is 3.03. The zero-order chi connectivity index (χ0) is 10.1. The van der Waals surface area contributed by atoms with Crippen molar-refractivity contribution in [2.24, 2.45) is 0 Å². The Kier molecular flexibility index (Phi) is 2.39. The number of methoxy groups -OCH3 is 1. The lowest BCUT2D eigenvalue weighted by molar-refractivity contribution is 0.0606. The molecule has 14 heavy (non-hydrogen) atoms. The molecule has 2 heterocycles. The third-order valence-electron chi connectivity index (χ3n) is 1.76. The number of halogens is 1. The topological polar surface area (TPSA) is 39.2 Å². The highest BCUT2D eigenvalue weighted by Gasteiger charge is 2.10. The standard InChI is InChI=1S/C9H6ClNO2S/c1-13-9(12)6-2-5-3-8(10)11-4-7(5)14-6/h2-4H,1H3. The highest BCUT2D eigenvalue weighted by atomic mass is 35.5. The molecule has 0 fully saturated rings. The predicted molar refractivity (Wildman–Crippen MR) is 56.0 cm³/mol. The fourth-order valence-corrected chi connectivity index (χ4v) is 2.22. The molecule has 0 aliphatic heterocycles. The van der Waals surface area contributed by atoms with Gasteiger partial charge in [-0.25, -0.2) is 9.78 Å². The Bertz CT molecular complexity index is 495. The van der Waals surface area contributed by atoms with Gasteiger partial charge in [-0.3, -0.25) is 0 Å². The fraction of sp³-hybridized carbons (Fsp3) is 0.111. The minimum atomic E-state index is -0.331. The molecule has 2 rings (SSSR count). The van der Waals surface area contributed by atoms with Gasteiger partial charge in [0.2, 0.25) is 0 Å². The summed E-state index contributed by atoms with van der Waals surface area (Å²) in [4.78, 5) is 15.7. The van der Waals surface area contributed by atoms with Crippen molar-refractivity contribution in [2.75, 3.05) is 7.11 Å². The van der Waals surface area contributed by atoms with Crippen molar-refractivity contribution in [2.45, 2.75) is 0 Å². The van der Waals surface area contributed by atoms with Crippen LogP contribution in [0.25, 0.3) is 10.1 Å². The van der Waals surface area contributed by atoms with Gasteiger partial charge in [-0.2, -0.15) is 0 Å². The molecule has 0 saturated carbocycles. The summed E-state index contributed by atoms with van der Waals surface area (Å²) in [6, 6.07) is 3.47. The average Bonchev–Trinajstić information content (AvgIpc) is 2.59. The van der Waals surface area contributed by atoms with E-state index in [2.05, 4.69) is 9.72 Å². The number of carbonyl (C=O) groups excluding carboxylic acids is 1. The molecule has 0 amide bonds. The number of hydrogen-bond donors (Lipinski definition) is 0. The maximum Gasteiger partial charge on any atom is 0.348 e. The minimum absolute atomic E-state index is 0.331. The van der Waals surface area contributed by atoms with Gasteiger partial charge in [0.15, 0.2) is 0 Å². The van der Waals surface area contributed by atoms with Crippen molar-refractivity contribution in [1.29, 1.82) is 0 Å². The third kappa shape index (κ3) is 1.58. The number of aromatic nitrogens is 1. The molecule has 2 aromatic heterocycles. The Balaban J connectivity index is 2.56. The van der Waals surface area contributed by atoms with Gasteiger partial charge < -0.3 is 4.74 Å². The van der Waals surface area contributed by atoms with Crippen LogP contribution >= 0.6 is 22.9 Å². The first-order chi connectivity index (χ1) is 6.70. The molecule has 0 bridgehead atoms. The van der Waals surface area contributed by atoms with Crippen LogP contribution in [-0.2, 0) is 4.74 Å². The number of nitrogens with zero attached hydrogens (tertiary/aromatic N) is 1. The molecule has 0 saturated heterocycles. The monoisotopic (exact) mass is 227 g/mol. The van der Waals surface area contributed by atoms with Crippen molar-refractivity contribution >= 4 is 39.0 Å². The lowest BCUT2D eigenvalue weighted by Gasteiger charge is -1.90. The number of esters is 1. The van der Waals surface area contributed by atoms with E-state index in [0.29, 0.717) is 10.0 Å². The van der Waals surface area contributed by atoms with Crippen LogP contribution in [0.1, 0.15) is 9.67 Å². The molecule has 0 unspecified atom stereocenters. The molecular weight excluding hydrogens is 222 g/mol. The second-order valence-corrected chi connectivity index (χ2v) is 4.12. The molecule has 0 atom stereocenters. The predicted octanol–water partition coefficient (Wildman–Crippen LogP) is 2.74. The van der Waals surface area contributed by atoms with Crippen LogP contribution in [0, 0.1) is 0 Å². The molecule has 2 aromatic rings. The van der Waals surface area contributed by atoms with Crippen molar-refractivity contribution in [3.05, 3.63) is 28.4 Å². The van der Waals surface area contributed by atoms with Crippen LogP contribution in [0.2, 0.25) is 5.15 Å². The fourth-order valence-electron chi connectivity index (χ4n) is 1.12. The average molecular weight is 228 g/mol. The van der Waals surface area contributed by atoms with Crippen LogP contribution < -0.4 is 0 Å². The molecular formula is C9H6ClNO2S. The maximum absolute atomic E-state index is 11.2. The molecule has 0 aliphatic rings. The number of ether oxygens (including phenoxy) is 1. The summed E-state index contributed by atoms with van der Waals surface area (Å²) in [5.74, 6) is -0.331. The number of rotatable bonds is 1. The number of fused-ring (bicyclic) bond motifs is 1. The smallest absolute Gasteiger partial charge is 0.348 e. The first kappa shape index (κ1) is 9.43. The first-order valence-electron chi connectivity index (χ1n) is 3.84. The second kappa shape index (κ2) is 3.55. The van der Waals surface area contributed by atoms with Gasteiger partial charge in [-0.1, -0.05) is 11.6 Å². The van der Waals surface area contributed by atoms with Crippen LogP contribution in [0.4, 0.5) is 0 Å². The van der Waals surface area contributed by atoms with Gasteiger partial charge in [-0.15, -0.1) is 11.3 Å². The number of hydrogen-bond acceptors (Lipinski definition) is 4. The quantitative estimate of drug-likeness (QED) is 0.556. The first-order valence-corrected chi connectivity index (χ1v) is 5.03. The lowest BCUT2D eigenvalue weighted by Crippen LogP contribution is -1.96. The van der Waals surface area contributed by atoms with Gasteiger partial charge in [0.25, 0.3) is 0 Å². The van der Waals surface area contributed by atoms with E-state index in [1.165, 1.54) is 18.4 Å². The number of thiophene rings is 1. The van der Waals surface area contributed by atoms with E-state index < -0.39 is 0 Å². The van der Waals surface area contributed by atoms with Crippen molar-refractivity contribution < 1.29 is 9.53 Å². The molecule has 72 valence electrons. The number of pyridine rings is 1. The van der Waals surface area contributed by atoms with Crippen LogP contribution in [0.15, 0.2) is 18.3 Å².